The van der Waals surface area contributed by atoms with Crippen molar-refractivity contribution >= 4 is 17.4 Å². The number of anilines is 2. The van der Waals surface area contributed by atoms with Gasteiger partial charge in [0, 0.05) is 51.5 Å². The molecule has 1 aliphatic rings. The monoisotopic (exact) mass is 370 g/mol. The topological polar surface area (TPSA) is 39.7 Å². The first-order valence-electron chi connectivity index (χ1n) is 9.56. The van der Waals surface area contributed by atoms with Gasteiger partial charge in [0.25, 0.3) is 5.91 Å². The summed E-state index contributed by atoms with van der Waals surface area (Å²) in [4.78, 5) is 23.0. The number of para-hydroxylation sites is 1. The van der Waals surface area contributed by atoms with E-state index >= 15 is 0 Å². The predicted molar refractivity (Wildman–Crippen MR) is 107 cm³/mol. The third kappa shape index (κ3) is 4.56. The van der Waals surface area contributed by atoms with E-state index < -0.39 is 0 Å². The van der Waals surface area contributed by atoms with Crippen LogP contribution in [0.5, 0.6) is 0 Å². The van der Waals surface area contributed by atoms with Crippen molar-refractivity contribution < 1.29 is 9.18 Å². The van der Waals surface area contributed by atoms with Crippen molar-refractivity contribution in [1.29, 1.82) is 0 Å². The summed E-state index contributed by atoms with van der Waals surface area (Å²) in [6.07, 6.45) is 3.75. The third-order valence-electron chi connectivity index (χ3n) is 4.98. The van der Waals surface area contributed by atoms with Gasteiger partial charge in [-0.15, -0.1) is 0 Å². The molecule has 1 fully saturated rings. The van der Waals surface area contributed by atoms with E-state index in [1.165, 1.54) is 6.07 Å². The minimum absolute atomic E-state index is 0.0251. The van der Waals surface area contributed by atoms with Gasteiger partial charge in [0.15, 0.2) is 0 Å². The second-order valence-electron chi connectivity index (χ2n) is 6.91. The number of benzene rings is 1. The van der Waals surface area contributed by atoms with Crippen LogP contribution < -0.4 is 9.80 Å². The number of nitrogens with zero attached hydrogens (tertiary/aromatic N) is 4. The average molecular weight is 370 g/mol. The van der Waals surface area contributed by atoms with Crippen LogP contribution in [0.2, 0.25) is 0 Å². The minimum Gasteiger partial charge on any atom is -0.366 e. The van der Waals surface area contributed by atoms with Crippen molar-refractivity contribution in [2.45, 2.75) is 19.8 Å². The molecule has 0 aliphatic carbocycles. The molecule has 1 aliphatic heterocycles. The van der Waals surface area contributed by atoms with Gasteiger partial charge in [0.1, 0.15) is 11.6 Å². The second kappa shape index (κ2) is 8.84. The van der Waals surface area contributed by atoms with Crippen LogP contribution in [0, 0.1) is 5.82 Å². The molecule has 0 N–H and O–H groups in total. The number of amides is 1. The number of piperazine rings is 1. The lowest BCUT2D eigenvalue weighted by Crippen LogP contribution is -2.47. The molecule has 1 aromatic heterocycles. The van der Waals surface area contributed by atoms with Gasteiger partial charge in [-0.3, -0.25) is 4.79 Å². The Bertz CT molecular complexity index is 774. The number of hydrogen-bond donors (Lipinski definition) is 0. The summed E-state index contributed by atoms with van der Waals surface area (Å²) in [6.45, 7) is 5.79. The van der Waals surface area contributed by atoms with Crippen LogP contribution in [0.3, 0.4) is 0 Å². The molecule has 144 valence electrons. The molecule has 1 saturated heterocycles. The van der Waals surface area contributed by atoms with E-state index in [0.717, 1.165) is 51.4 Å². The molecule has 0 radical (unpaired) electrons. The Morgan fingerprint density at radius 3 is 2.56 bits per heavy atom. The number of carbonyl (C=O) groups excluding carboxylic acids is 1. The smallest absolute Gasteiger partial charge is 0.253 e. The minimum atomic E-state index is -0.188. The van der Waals surface area contributed by atoms with Crippen molar-refractivity contribution in [3.63, 3.8) is 0 Å². The zero-order valence-corrected chi connectivity index (χ0v) is 16.1. The fraction of sp³-hybridized carbons (Fsp3) is 0.429. The molecule has 1 aromatic carbocycles. The first-order chi connectivity index (χ1) is 13.1. The molecule has 0 bridgehead atoms. The van der Waals surface area contributed by atoms with E-state index in [4.69, 9.17) is 0 Å². The summed E-state index contributed by atoms with van der Waals surface area (Å²) in [7, 11) is 1.84. The molecule has 0 atom stereocenters. The number of unbranched alkanes of at least 4 members (excludes halogenated alkanes) is 1. The molecule has 2 heterocycles. The van der Waals surface area contributed by atoms with E-state index in [1.807, 2.05) is 25.2 Å². The summed E-state index contributed by atoms with van der Waals surface area (Å²) >= 11 is 0. The Labute approximate surface area is 160 Å². The van der Waals surface area contributed by atoms with Gasteiger partial charge >= 0.3 is 0 Å². The van der Waals surface area contributed by atoms with E-state index in [9.17, 15) is 9.18 Å². The summed E-state index contributed by atoms with van der Waals surface area (Å²) in [5.41, 5.74) is 1.31. The van der Waals surface area contributed by atoms with Crippen molar-refractivity contribution in [1.82, 2.24) is 9.88 Å². The lowest BCUT2D eigenvalue weighted by Gasteiger charge is -2.37. The molecule has 6 heteroatoms. The molecule has 0 unspecified atom stereocenters. The van der Waals surface area contributed by atoms with Crippen molar-refractivity contribution in [3.05, 3.63) is 54.0 Å². The molecule has 3 rings (SSSR count). The predicted octanol–water partition coefficient (Wildman–Crippen LogP) is 3.42. The van der Waals surface area contributed by atoms with E-state index in [2.05, 4.69) is 21.7 Å². The Balaban J connectivity index is 1.65. The Morgan fingerprint density at radius 1 is 1.15 bits per heavy atom. The van der Waals surface area contributed by atoms with Crippen LogP contribution in [0.4, 0.5) is 15.9 Å². The molecular weight excluding hydrogens is 343 g/mol. The Kier molecular flexibility index (Phi) is 6.27. The highest BCUT2D eigenvalue weighted by atomic mass is 19.1. The van der Waals surface area contributed by atoms with Gasteiger partial charge in [-0.25, -0.2) is 9.37 Å². The van der Waals surface area contributed by atoms with Gasteiger partial charge in [-0.2, -0.15) is 0 Å². The standard InChI is InChI=1S/C21H27FN4O/c1-3-4-11-24(2)21(27)17-9-10-23-20(16-17)26-14-12-25(13-15-26)19-8-6-5-7-18(19)22/h5-10,16H,3-4,11-15H2,1-2H3. The van der Waals surface area contributed by atoms with Crippen LogP contribution in [-0.2, 0) is 0 Å². The summed E-state index contributed by atoms with van der Waals surface area (Å²) < 4.78 is 14.0. The Hall–Kier alpha value is -2.63. The second-order valence-corrected chi connectivity index (χ2v) is 6.91. The first kappa shape index (κ1) is 19.1. The highest BCUT2D eigenvalue weighted by molar-refractivity contribution is 5.94. The SMILES string of the molecule is CCCCN(C)C(=O)c1ccnc(N2CCN(c3ccccc3F)CC2)c1. The molecule has 1 amide bonds. The van der Waals surface area contributed by atoms with E-state index in [1.54, 1.807) is 23.2 Å². The maximum atomic E-state index is 14.0. The molecule has 5 nitrogen and oxygen atoms in total. The maximum Gasteiger partial charge on any atom is 0.253 e. The summed E-state index contributed by atoms with van der Waals surface area (Å²) in [6, 6.07) is 10.5. The number of aromatic nitrogens is 1. The highest BCUT2D eigenvalue weighted by Gasteiger charge is 2.21. The average Bonchev–Trinajstić information content (AvgIpc) is 2.72. The van der Waals surface area contributed by atoms with Crippen LogP contribution in [0.15, 0.2) is 42.6 Å². The summed E-state index contributed by atoms with van der Waals surface area (Å²) in [5, 5.41) is 0. The van der Waals surface area contributed by atoms with Gasteiger partial charge < -0.3 is 14.7 Å². The van der Waals surface area contributed by atoms with Gasteiger partial charge in [0.05, 0.1) is 5.69 Å². The number of hydrogen-bond acceptors (Lipinski definition) is 4. The molecular formula is C21H27FN4O. The van der Waals surface area contributed by atoms with E-state index in [0.29, 0.717) is 11.3 Å². The molecule has 0 saturated carbocycles. The number of pyridine rings is 1. The first-order valence-corrected chi connectivity index (χ1v) is 9.56. The van der Waals surface area contributed by atoms with Crippen LogP contribution in [0.25, 0.3) is 0 Å². The fourth-order valence-corrected chi connectivity index (χ4v) is 3.33. The third-order valence-corrected chi connectivity index (χ3v) is 4.98. The zero-order valence-electron chi connectivity index (χ0n) is 16.1. The summed E-state index contributed by atoms with van der Waals surface area (Å²) in [5.74, 6) is 0.641. The lowest BCUT2D eigenvalue weighted by atomic mass is 10.2. The fourth-order valence-electron chi connectivity index (χ4n) is 3.33. The lowest BCUT2D eigenvalue weighted by molar-refractivity contribution is 0.0793. The van der Waals surface area contributed by atoms with Crippen molar-refractivity contribution in [2.75, 3.05) is 49.6 Å². The van der Waals surface area contributed by atoms with Gasteiger partial charge in [-0.05, 0) is 30.7 Å². The molecule has 2 aromatic rings. The van der Waals surface area contributed by atoms with E-state index in [-0.39, 0.29) is 11.7 Å². The zero-order chi connectivity index (χ0) is 19.2. The molecule has 27 heavy (non-hydrogen) atoms. The maximum absolute atomic E-state index is 14.0. The van der Waals surface area contributed by atoms with Gasteiger partial charge in [-0.1, -0.05) is 25.5 Å². The Morgan fingerprint density at radius 2 is 1.85 bits per heavy atom. The normalized spacial score (nSPS) is 14.3. The number of rotatable bonds is 6. The quantitative estimate of drug-likeness (QED) is 0.781. The van der Waals surface area contributed by atoms with Gasteiger partial charge in [0.2, 0.25) is 0 Å². The highest BCUT2D eigenvalue weighted by Crippen LogP contribution is 2.22. The van der Waals surface area contributed by atoms with Crippen LogP contribution in [0.1, 0.15) is 30.1 Å². The van der Waals surface area contributed by atoms with Crippen molar-refractivity contribution in [3.8, 4) is 0 Å². The number of halogens is 1. The van der Waals surface area contributed by atoms with Crippen LogP contribution in [-0.4, -0.2) is 55.6 Å². The number of carbonyl (C=O) groups is 1. The van der Waals surface area contributed by atoms with Crippen LogP contribution >= 0.6 is 0 Å². The van der Waals surface area contributed by atoms with Crippen molar-refractivity contribution in [2.24, 2.45) is 0 Å². The molecule has 0 spiro atoms. The largest absolute Gasteiger partial charge is 0.366 e.